The van der Waals surface area contributed by atoms with Gasteiger partial charge in [-0.25, -0.2) is 0 Å². The summed E-state index contributed by atoms with van der Waals surface area (Å²) >= 11 is 0. The molecule has 2 fully saturated rings. The molecule has 3 aromatic rings. The molecule has 6 rings (SSSR count). The van der Waals surface area contributed by atoms with Gasteiger partial charge in [-0.15, -0.1) is 0 Å². The number of amides is 2. The van der Waals surface area contributed by atoms with Crippen LogP contribution in [0.4, 0.5) is 5.69 Å². The van der Waals surface area contributed by atoms with E-state index in [0.717, 1.165) is 42.7 Å². The molecule has 0 unspecified atom stereocenters. The molecule has 36 heavy (non-hydrogen) atoms. The van der Waals surface area contributed by atoms with Crippen molar-refractivity contribution in [2.24, 2.45) is 0 Å². The van der Waals surface area contributed by atoms with Crippen LogP contribution in [0.1, 0.15) is 39.1 Å². The van der Waals surface area contributed by atoms with Gasteiger partial charge in [0.2, 0.25) is 5.91 Å². The van der Waals surface area contributed by atoms with Crippen LogP contribution in [-0.2, 0) is 4.79 Å². The highest BCUT2D eigenvalue weighted by atomic mass is 16.2. The molecule has 0 saturated carbocycles. The summed E-state index contributed by atoms with van der Waals surface area (Å²) in [6, 6.07) is 22.9. The fraction of sp³-hybridized carbons (Fsp3) is 0.276. The quantitative estimate of drug-likeness (QED) is 0.459. The van der Waals surface area contributed by atoms with Gasteiger partial charge < -0.3 is 20.4 Å². The monoisotopic (exact) mass is 480 g/mol. The van der Waals surface area contributed by atoms with Gasteiger partial charge >= 0.3 is 0 Å². The van der Waals surface area contributed by atoms with Crippen molar-refractivity contribution in [1.29, 1.82) is 0 Å². The molecule has 3 aliphatic rings. The van der Waals surface area contributed by atoms with Gasteiger partial charge in [0, 0.05) is 54.1 Å². The predicted molar refractivity (Wildman–Crippen MR) is 138 cm³/mol. The third kappa shape index (κ3) is 3.58. The highest BCUT2D eigenvalue weighted by Crippen LogP contribution is 2.39. The van der Waals surface area contributed by atoms with Crippen molar-refractivity contribution in [2.45, 2.75) is 18.4 Å². The van der Waals surface area contributed by atoms with E-state index >= 15 is 0 Å². The van der Waals surface area contributed by atoms with Crippen LogP contribution in [0.15, 0.2) is 72.8 Å². The highest BCUT2D eigenvalue weighted by Gasteiger charge is 2.50. The molecular formula is C29H28N4O3. The average molecular weight is 481 g/mol. The van der Waals surface area contributed by atoms with Crippen LogP contribution >= 0.6 is 0 Å². The summed E-state index contributed by atoms with van der Waals surface area (Å²) in [4.78, 5) is 43.2. The molecule has 2 saturated heterocycles. The predicted octanol–water partition coefficient (Wildman–Crippen LogP) is 3.06. The lowest BCUT2D eigenvalue weighted by Gasteiger charge is -2.43. The molecule has 0 radical (unpaired) electrons. The number of nitrogens with one attached hydrogen (secondary N) is 2. The second-order valence-corrected chi connectivity index (χ2v) is 9.66. The molecule has 2 heterocycles. The van der Waals surface area contributed by atoms with Crippen molar-refractivity contribution in [1.82, 2.24) is 15.5 Å². The molecule has 0 atom stereocenters. The van der Waals surface area contributed by atoms with Gasteiger partial charge in [0.15, 0.2) is 5.78 Å². The minimum atomic E-state index is -0.508. The number of likely N-dealkylation sites (tertiary alicyclic amines) is 1. The maximum Gasteiger partial charge on any atom is 0.251 e. The van der Waals surface area contributed by atoms with E-state index in [-0.39, 0.29) is 17.6 Å². The summed E-state index contributed by atoms with van der Waals surface area (Å²) in [7, 11) is 0. The normalized spacial score (nSPS) is 18.2. The Morgan fingerprint density at radius 2 is 1.56 bits per heavy atom. The number of piperidine rings is 1. The Hall–Kier alpha value is -3.97. The topological polar surface area (TPSA) is 81.8 Å². The van der Waals surface area contributed by atoms with Crippen molar-refractivity contribution in [3.8, 4) is 11.1 Å². The highest BCUT2D eigenvalue weighted by molar-refractivity contribution is 6.24. The lowest BCUT2D eigenvalue weighted by atomic mass is 9.85. The van der Waals surface area contributed by atoms with Crippen molar-refractivity contribution in [3.63, 3.8) is 0 Å². The molecule has 2 N–H and O–H groups in total. The van der Waals surface area contributed by atoms with Crippen LogP contribution in [0.3, 0.4) is 0 Å². The molecule has 3 aromatic carbocycles. The first-order valence-corrected chi connectivity index (χ1v) is 12.5. The number of carbonyl (C=O) groups is 3. The van der Waals surface area contributed by atoms with Crippen LogP contribution in [0.25, 0.3) is 11.1 Å². The minimum absolute atomic E-state index is 0.0296. The van der Waals surface area contributed by atoms with E-state index in [0.29, 0.717) is 36.4 Å². The number of nitrogens with zero attached hydrogens (tertiary/aromatic N) is 2. The number of rotatable bonds is 5. The summed E-state index contributed by atoms with van der Waals surface area (Å²) < 4.78 is 0. The Bertz CT molecular complexity index is 1350. The number of carbonyl (C=O) groups excluding carboxylic acids is 3. The summed E-state index contributed by atoms with van der Waals surface area (Å²) in [5, 5.41) is 6.08. The minimum Gasteiger partial charge on any atom is -0.351 e. The SMILES string of the molecule is O=C(NCCN1CCC2(CC1)C(=O)NCN2c1ccccc1)c1cccc2c1-c1ccccc1C2=O. The van der Waals surface area contributed by atoms with Crippen LogP contribution < -0.4 is 15.5 Å². The van der Waals surface area contributed by atoms with Crippen molar-refractivity contribution >= 4 is 23.3 Å². The van der Waals surface area contributed by atoms with Gasteiger partial charge in [-0.1, -0.05) is 54.6 Å². The maximum absolute atomic E-state index is 13.1. The third-order valence-electron chi connectivity index (χ3n) is 7.80. The Morgan fingerprint density at radius 1 is 0.861 bits per heavy atom. The first kappa shape index (κ1) is 22.5. The smallest absolute Gasteiger partial charge is 0.251 e. The van der Waals surface area contributed by atoms with Crippen LogP contribution in [0.2, 0.25) is 0 Å². The Labute approximate surface area is 210 Å². The standard InChI is InChI=1S/C29H28N4O3/c34-26-22-10-5-4-9-21(22)25-23(26)11-6-12-24(25)27(35)30-15-18-32-16-13-29(14-17-32)28(36)31-19-33(29)20-7-2-1-3-8-20/h1-12H,13-19H2,(H,30,35)(H,31,36). The molecule has 1 spiro atoms. The largest absolute Gasteiger partial charge is 0.351 e. The zero-order valence-electron chi connectivity index (χ0n) is 20.0. The van der Waals surface area contributed by atoms with E-state index in [9.17, 15) is 14.4 Å². The Balaban J connectivity index is 1.09. The average Bonchev–Trinajstić information content (AvgIpc) is 3.40. The molecule has 182 valence electrons. The number of ketones is 1. The summed E-state index contributed by atoms with van der Waals surface area (Å²) in [6.07, 6.45) is 1.49. The van der Waals surface area contributed by atoms with E-state index < -0.39 is 5.54 Å². The molecule has 0 bridgehead atoms. The fourth-order valence-electron chi connectivity index (χ4n) is 5.87. The van der Waals surface area contributed by atoms with E-state index in [1.54, 1.807) is 18.2 Å². The van der Waals surface area contributed by atoms with Crippen LogP contribution in [0, 0.1) is 0 Å². The Morgan fingerprint density at radius 3 is 2.33 bits per heavy atom. The van der Waals surface area contributed by atoms with E-state index in [1.165, 1.54) is 0 Å². The third-order valence-corrected chi connectivity index (χ3v) is 7.80. The van der Waals surface area contributed by atoms with Crippen molar-refractivity contribution < 1.29 is 14.4 Å². The van der Waals surface area contributed by atoms with Crippen LogP contribution in [-0.4, -0.2) is 60.9 Å². The van der Waals surface area contributed by atoms with Gasteiger partial charge in [0.25, 0.3) is 5.91 Å². The van der Waals surface area contributed by atoms with Gasteiger partial charge in [-0.05, 0) is 36.6 Å². The summed E-state index contributed by atoms with van der Waals surface area (Å²) in [6.45, 7) is 3.31. The first-order chi connectivity index (χ1) is 17.6. The van der Waals surface area contributed by atoms with E-state index in [1.807, 2.05) is 42.5 Å². The lowest BCUT2D eigenvalue weighted by molar-refractivity contribution is -0.125. The van der Waals surface area contributed by atoms with Gasteiger partial charge in [0.1, 0.15) is 5.54 Å². The van der Waals surface area contributed by atoms with Gasteiger partial charge in [-0.3, -0.25) is 14.4 Å². The second kappa shape index (κ2) is 8.91. The van der Waals surface area contributed by atoms with E-state index in [2.05, 4.69) is 32.6 Å². The summed E-state index contributed by atoms with van der Waals surface area (Å²) in [5.41, 5.74) is 3.87. The number of hydrogen-bond donors (Lipinski definition) is 2. The molecule has 2 amide bonds. The van der Waals surface area contributed by atoms with Crippen molar-refractivity contribution in [3.05, 3.63) is 89.5 Å². The molecule has 7 heteroatoms. The number of hydrogen-bond acceptors (Lipinski definition) is 5. The van der Waals surface area contributed by atoms with Gasteiger partial charge in [0.05, 0.1) is 6.67 Å². The molecular weight excluding hydrogens is 452 g/mol. The maximum atomic E-state index is 13.1. The van der Waals surface area contributed by atoms with Crippen molar-refractivity contribution in [2.75, 3.05) is 37.7 Å². The van der Waals surface area contributed by atoms with Crippen LogP contribution in [0.5, 0.6) is 0 Å². The Kier molecular flexibility index (Phi) is 5.57. The number of anilines is 1. The molecule has 7 nitrogen and oxygen atoms in total. The van der Waals surface area contributed by atoms with Gasteiger partial charge in [-0.2, -0.15) is 0 Å². The van der Waals surface area contributed by atoms with E-state index in [4.69, 9.17) is 0 Å². The molecule has 1 aliphatic carbocycles. The zero-order chi connectivity index (χ0) is 24.7. The fourth-order valence-corrected chi connectivity index (χ4v) is 5.87. The molecule has 2 aliphatic heterocycles. The zero-order valence-corrected chi connectivity index (χ0v) is 20.0. The lowest BCUT2D eigenvalue weighted by Crippen LogP contribution is -2.57. The first-order valence-electron chi connectivity index (χ1n) is 12.5. The number of benzene rings is 3. The second-order valence-electron chi connectivity index (χ2n) is 9.66. The molecule has 0 aromatic heterocycles. The number of para-hydroxylation sites is 1. The number of fused-ring (bicyclic) bond motifs is 3. The summed E-state index contributed by atoms with van der Waals surface area (Å²) in [5.74, 6) is -0.0969.